The minimum absolute atomic E-state index is 0.492. The van der Waals surface area contributed by atoms with E-state index in [-0.39, 0.29) is 0 Å². The molecule has 1 N–H and O–H groups in total. The molecule has 4 heteroatoms. The molecule has 1 aliphatic rings. The molecular formula is C15H21N3S. The zero-order valence-corrected chi connectivity index (χ0v) is 12.6. The summed E-state index contributed by atoms with van der Waals surface area (Å²) in [7, 11) is 0. The molecule has 0 amide bonds. The third-order valence-corrected chi connectivity index (χ3v) is 4.83. The van der Waals surface area contributed by atoms with Gasteiger partial charge in [0.2, 0.25) is 0 Å². The first-order valence-electron chi connectivity index (χ1n) is 7.13. The van der Waals surface area contributed by atoms with Gasteiger partial charge < -0.3 is 4.98 Å². The van der Waals surface area contributed by atoms with E-state index in [0.717, 1.165) is 21.9 Å². The van der Waals surface area contributed by atoms with Crippen LogP contribution in [-0.2, 0) is 0 Å². The number of aromatic amines is 1. The lowest BCUT2D eigenvalue weighted by atomic mass is 9.80. The Morgan fingerprint density at radius 3 is 2.89 bits per heavy atom. The van der Waals surface area contributed by atoms with E-state index >= 15 is 0 Å². The zero-order valence-electron chi connectivity index (χ0n) is 11.8. The molecule has 3 atom stereocenters. The van der Waals surface area contributed by atoms with E-state index in [4.69, 9.17) is 12.2 Å². The number of H-pyrrole nitrogens is 1. The molecule has 0 spiro atoms. The summed E-state index contributed by atoms with van der Waals surface area (Å²) in [5, 5.41) is 0. The van der Waals surface area contributed by atoms with Gasteiger partial charge >= 0.3 is 0 Å². The fourth-order valence-electron chi connectivity index (χ4n) is 3.49. The zero-order chi connectivity index (χ0) is 13.6. The molecule has 2 heterocycles. The average molecular weight is 275 g/mol. The molecule has 0 saturated heterocycles. The van der Waals surface area contributed by atoms with Gasteiger partial charge in [0.1, 0.15) is 0 Å². The summed E-state index contributed by atoms with van der Waals surface area (Å²) in [6.45, 7) is 6.80. The quantitative estimate of drug-likeness (QED) is 0.783. The monoisotopic (exact) mass is 275 g/mol. The van der Waals surface area contributed by atoms with Gasteiger partial charge in [0, 0.05) is 12.2 Å². The number of pyridine rings is 1. The second-order valence-corrected chi connectivity index (χ2v) is 6.48. The van der Waals surface area contributed by atoms with Crippen LogP contribution in [0, 0.1) is 23.5 Å². The van der Waals surface area contributed by atoms with Crippen molar-refractivity contribution in [2.24, 2.45) is 11.8 Å². The highest BCUT2D eigenvalue weighted by molar-refractivity contribution is 7.71. The number of fused-ring (bicyclic) bond motifs is 1. The van der Waals surface area contributed by atoms with Gasteiger partial charge in [0.25, 0.3) is 0 Å². The Kier molecular flexibility index (Phi) is 3.21. The highest BCUT2D eigenvalue weighted by Gasteiger charge is 2.28. The predicted molar refractivity (Wildman–Crippen MR) is 80.9 cm³/mol. The lowest BCUT2D eigenvalue weighted by Gasteiger charge is -2.33. The van der Waals surface area contributed by atoms with Crippen LogP contribution in [0.4, 0.5) is 0 Å². The van der Waals surface area contributed by atoms with Crippen molar-refractivity contribution in [2.45, 2.75) is 46.1 Å². The van der Waals surface area contributed by atoms with Gasteiger partial charge in [0.15, 0.2) is 10.4 Å². The fourth-order valence-corrected chi connectivity index (χ4v) is 3.81. The summed E-state index contributed by atoms with van der Waals surface area (Å²) in [4.78, 5) is 7.90. The van der Waals surface area contributed by atoms with Crippen molar-refractivity contribution in [3.63, 3.8) is 0 Å². The van der Waals surface area contributed by atoms with Gasteiger partial charge in [-0.3, -0.25) is 4.57 Å². The number of hydrogen-bond donors (Lipinski definition) is 1. The van der Waals surface area contributed by atoms with E-state index < -0.39 is 0 Å². The number of nitrogens with one attached hydrogen (secondary N) is 1. The second kappa shape index (κ2) is 4.75. The van der Waals surface area contributed by atoms with Crippen molar-refractivity contribution in [3.05, 3.63) is 22.6 Å². The molecule has 2 aromatic rings. The molecule has 3 nitrogen and oxygen atoms in total. The summed E-state index contributed by atoms with van der Waals surface area (Å²) in [5.74, 6) is 1.50. The topological polar surface area (TPSA) is 33.6 Å². The maximum absolute atomic E-state index is 5.54. The van der Waals surface area contributed by atoms with Gasteiger partial charge in [-0.2, -0.15) is 0 Å². The lowest BCUT2D eigenvalue weighted by Crippen LogP contribution is -2.25. The maximum atomic E-state index is 5.54. The van der Waals surface area contributed by atoms with Gasteiger partial charge in [-0.05, 0) is 61.9 Å². The van der Waals surface area contributed by atoms with E-state index in [9.17, 15) is 0 Å². The molecule has 0 bridgehead atoms. The largest absolute Gasteiger partial charge is 0.329 e. The highest BCUT2D eigenvalue weighted by Crippen LogP contribution is 2.38. The lowest BCUT2D eigenvalue weighted by molar-refractivity contribution is 0.209. The first-order chi connectivity index (χ1) is 9.08. The summed E-state index contributed by atoms with van der Waals surface area (Å²) in [6, 6.07) is 2.52. The van der Waals surface area contributed by atoms with E-state index in [1.165, 1.54) is 24.8 Å². The van der Waals surface area contributed by atoms with Crippen molar-refractivity contribution in [3.8, 4) is 0 Å². The molecule has 0 aliphatic heterocycles. The van der Waals surface area contributed by atoms with Gasteiger partial charge in [-0.25, -0.2) is 4.98 Å². The summed E-state index contributed by atoms with van der Waals surface area (Å²) < 4.78 is 3.08. The fraction of sp³-hybridized carbons (Fsp3) is 0.600. The minimum atomic E-state index is 0.492. The molecule has 3 rings (SSSR count). The van der Waals surface area contributed by atoms with Gasteiger partial charge in [0.05, 0.1) is 5.52 Å². The van der Waals surface area contributed by atoms with E-state index in [0.29, 0.717) is 12.0 Å². The molecule has 19 heavy (non-hydrogen) atoms. The van der Waals surface area contributed by atoms with Crippen molar-refractivity contribution in [2.75, 3.05) is 0 Å². The van der Waals surface area contributed by atoms with Crippen molar-refractivity contribution in [1.82, 2.24) is 14.5 Å². The van der Waals surface area contributed by atoms with E-state index in [2.05, 4.69) is 35.3 Å². The Bertz CT molecular complexity index is 655. The van der Waals surface area contributed by atoms with Crippen LogP contribution in [0.3, 0.4) is 0 Å². The van der Waals surface area contributed by atoms with Crippen LogP contribution in [0.5, 0.6) is 0 Å². The smallest absolute Gasteiger partial charge is 0.179 e. The first kappa shape index (κ1) is 12.9. The first-order valence-corrected chi connectivity index (χ1v) is 7.54. The summed E-state index contributed by atoms with van der Waals surface area (Å²) in [6.07, 6.45) is 5.66. The maximum Gasteiger partial charge on any atom is 0.179 e. The summed E-state index contributed by atoms with van der Waals surface area (Å²) in [5.41, 5.74) is 3.33. The molecule has 3 unspecified atom stereocenters. The minimum Gasteiger partial charge on any atom is -0.329 e. The molecule has 2 aromatic heterocycles. The molecule has 0 radical (unpaired) electrons. The van der Waals surface area contributed by atoms with Gasteiger partial charge in [-0.15, -0.1) is 0 Å². The number of nitrogens with zero attached hydrogens (tertiary/aromatic N) is 2. The molecule has 102 valence electrons. The molecule has 1 aliphatic carbocycles. The third kappa shape index (κ3) is 2.12. The van der Waals surface area contributed by atoms with E-state index in [1.54, 1.807) is 0 Å². The third-order valence-electron chi connectivity index (χ3n) is 4.54. The Morgan fingerprint density at radius 1 is 1.37 bits per heavy atom. The molecule has 1 fully saturated rings. The van der Waals surface area contributed by atoms with Crippen LogP contribution in [0.25, 0.3) is 11.2 Å². The molecular weight excluding hydrogens is 254 g/mol. The predicted octanol–water partition coefficient (Wildman–Crippen LogP) is 4.40. The van der Waals surface area contributed by atoms with E-state index in [1.807, 2.05) is 12.3 Å². The van der Waals surface area contributed by atoms with Crippen LogP contribution in [0.15, 0.2) is 12.3 Å². The standard InChI is InChI=1S/C15H21N3S/c1-9-4-5-12(11(3)8-9)18-14-13(17-15(18)19)10(2)6-7-16-14/h6-7,9,11-12H,4-5,8H2,1-3H3,(H,17,19). The average Bonchev–Trinajstić information content (AvgIpc) is 2.68. The number of aromatic nitrogens is 3. The van der Waals surface area contributed by atoms with Crippen LogP contribution >= 0.6 is 12.2 Å². The van der Waals surface area contributed by atoms with Crippen LogP contribution in [0.1, 0.15) is 44.7 Å². The van der Waals surface area contributed by atoms with Crippen molar-refractivity contribution in [1.29, 1.82) is 0 Å². The van der Waals surface area contributed by atoms with Gasteiger partial charge in [-0.1, -0.05) is 13.8 Å². The molecule has 0 aromatic carbocycles. The van der Waals surface area contributed by atoms with Crippen LogP contribution in [0.2, 0.25) is 0 Å². The highest BCUT2D eigenvalue weighted by atomic mass is 32.1. The van der Waals surface area contributed by atoms with Crippen LogP contribution in [-0.4, -0.2) is 14.5 Å². The normalized spacial score (nSPS) is 27.8. The SMILES string of the molecule is Cc1ccnc2c1[nH]c(=S)n2C1CCC(C)CC1C. The Morgan fingerprint density at radius 2 is 2.16 bits per heavy atom. The van der Waals surface area contributed by atoms with Crippen molar-refractivity contribution < 1.29 is 0 Å². The number of aryl methyl sites for hydroxylation is 1. The van der Waals surface area contributed by atoms with Crippen LogP contribution < -0.4 is 0 Å². The number of hydrogen-bond acceptors (Lipinski definition) is 2. The molecule has 1 saturated carbocycles. The Hall–Kier alpha value is -1.16. The van der Waals surface area contributed by atoms with Crippen molar-refractivity contribution >= 4 is 23.4 Å². The number of imidazole rings is 1. The number of rotatable bonds is 1. The summed E-state index contributed by atoms with van der Waals surface area (Å²) >= 11 is 5.54. The second-order valence-electron chi connectivity index (χ2n) is 6.09. The Balaban J connectivity index is 2.12. The Labute approximate surface area is 119 Å².